The predicted molar refractivity (Wildman–Crippen MR) is 110 cm³/mol. The maximum absolute atomic E-state index is 13.3. The van der Waals surface area contributed by atoms with E-state index in [1.54, 1.807) is 6.92 Å². The second-order valence-corrected chi connectivity index (χ2v) is 7.41. The van der Waals surface area contributed by atoms with Crippen molar-refractivity contribution in [3.05, 3.63) is 64.0 Å². The molecule has 2 heterocycles. The van der Waals surface area contributed by atoms with Gasteiger partial charge in [-0.1, -0.05) is 43.3 Å². The highest BCUT2D eigenvalue weighted by Gasteiger charge is 2.23. The molecule has 2 N–H and O–H groups in total. The molecule has 2 aromatic carbocycles. The van der Waals surface area contributed by atoms with Crippen LogP contribution in [0, 0.1) is 6.92 Å². The third-order valence-corrected chi connectivity index (χ3v) is 5.78. The molecule has 0 aliphatic heterocycles. The lowest BCUT2D eigenvalue weighted by Crippen LogP contribution is -2.35. The van der Waals surface area contributed by atoms with E-state index >= 15 is 0 Å². The zero-order chi connectivity index (χ0) is 19.1. The van der Waals surface area contributed by atoms with Crippen LogP contribution >= 0.6 is 11.3 Å². The summed E-state index contributed by atoms with van der Waals surface area (Å²) in [5.41, 5.74) is 7.11. The molecule has 5 nitrogen and oxygen atoms in total. The van der Waals surface area contributed by atoms with Gasteiger partial charge in [0, 0.05) is 10.9 Å². The number of nitrogens with two attached hydrogens (primary N) is 1. The molecule has 4 rings (SSSR count). The molecule has 0 saturated heterocycles. The highest BCUT2D eigenvalue weighted by molar-refractivity contribution is 7.17. The van der Waals surface area contributed by atoms with Crippen molar-refractivity contribution in [3.8, 4) is 11.1 Å². The van der Waals surface area contributed by atoms with Crippen LogP contribution in [0.4, 0.5) is 0 Å². The van der Waals surface area contributed by atoms with E-state index in [-0.39, 0.29) is 5.56 Å². The van der Waals surface area contributed by atoms with Gasteiger partial charge in [-0.15, -0.1) is 11.3 Å². The van der Waals surface area contributed by atoms with E-state index in [4.69, 9.17) is 5.73 Å². The molecule has 136 valence electrons. The Kier molecular flexibility index (Phi) is 4.28. The average molecular weight is 377 g/mol. The number of thiophene rings is 1. The summed E-state index contributed by atoms with van der Waals surface area (Å²) in [6.07, 6.45) is 0.443. The van der Waals surface area contributed by atoms with E-state index in [9.17, 15) is 9.59 Å². The molecule has 1 atom stereocenters. The van der Waals surface area contributed by atoms with Crippen molar-refractivity contribution in [2.24, 2.45) is 5.73 Å². The molecule has 0 aliphatic rings. The highest BCUT2D eigenvalue weighted by atomic mass is 32.1. The summed E-state index contributed by atoms with van der Waals surface area (Å²) in [4.78, 5) is 30.4. The number of hydrogen-bond acceptors (Lipinski definition) is 4. The number of fused-ring (bicyclic) bond motifs is 2. The summed E-state index contributed by atoms with van der Waals surface area (Å²) in [6.45, 7) is 3.57. The van der Waals surface area contributed by atoms with E-state index in [2.05, 4.69) is 17.1 Å². The quantitative estimate of drug-likeness (QED) is 0.583. The van der Waals surface area contributed by atoms with E-state index in [1.165, 1.54) is 15.9 Å². The van der Waals surface area contributed by atoms with Crippen LogP contribution in [-0.4, -0.2) is 15.5 Å². The second kappa shape index (κ2) is 6.63. The first-order valence-corrected chi connectivity index (χ1v) is 9.68. The van der Waals surface area contributed by atoms with Gasteiger partial charge in [0.25, 0.3) is 5.56 Å². The van der Waals surface area contributed by atoms with Crippen LogP contribution in [0.3, 0.4) is 0 Å². The Morgan fingerprint density at radius 2 is 1.96 bits per heavy atom. The van der Waals surface area contributed by atoms with E-state index < -0.39 is 11.9 Å². The lowest BCUT2D eigenvalue weighted by Gasteiger charge is -2.17. The third kappa shape index (κ3) is 2.82. The summed E-state index contributed by atoms with van der Waals surface area (Å²) in [5.74, 6) is -0.0172. The molecular formula is C21H19N3O2S. The van der Waals surface area contributed by atoms with Crippen LogP contribution in [0.15, 0.2) is 52.6 Å². The van der Waals surface area contributed by atoms with E-state index in [1.807, 2.05) is 42.6 Å². The molecule has 4 aromatic rings. The molecule has 6 heteroatoms. The first-order chi connectivity index (χ1) is 13.0. The molecule has 2 aromatic heterocycles. The van der Waals surface area contributed by atoms with Gasteiger partial charge in [-0.05, 0) is 35.7 Å². The van der Waals surface area contributed by atoms with E-state index in [0.717, 1.165) is 21.9 Å². The minimum absolute atomic E-state index is 0.215. The number of hydrogen-bond donors (Lipinski definition) is 1. The van der Waals surface area contributed by atoms with Crippen LogP contribution in [0.25, 0.3) is 32.1 Å². The fourth-order valence-electron chi connectivity index (χ4n) is 3.55. The number of nitrogens with zero attached hydrogens (tertiary/aromatic N) is 2. The van der Waals surface area contributed by atoms with Gasteiger partial charge < -0.3 is 5.73 Å². The summed E-state index contributed by atoms with van der Waals surface area (Å²) in [6, 6.07) is 13.5. The van der Waals surface area contributed by atoms with E-state index in [0.29, 0.717) is 22.5 Å². The minimum atomic E-state index is -0.696. The van der Waals surface area contributed by atoms with Crippen molar-refractivity contribution in [2.75, 3.05) is 0 Å². The van der Waals surface area contributed by atoms with Gasteiger partial charge in [0.05, 0.1) is 5.39 Å². The number of amides is 1. The standard InChI is InChI=1S/C21H19N3O2S/c1-3-17(19(22)25)24-12(2)23-20-18(21(24)26)16(11-27-20)15-9-8-13-6-4-5-7-14(13)10-15/h4-11,17H,3H2,1-2H3,(H2,22,25). The highest BCUT2D eigenvalue weighted by Crippen LogP contribution is 2.33. The number of carbonyl (C=O) groups excluding carboxylic acids is 1. The Labute approximate surface area is 160 Å². The van der Waals surface area contributed by atoms with Crippen molar-refractivity contribution in [3.63, 3.8) is 0 Å². The Hall–Kier alpha value is -2.99. The number of aryl methyl sites for hydroxylation is 1. The molecule has 1 unspecified atom stereocenters. The van der Waals surface area contributed by atoms with Crippen LogP contribution in [0.2, 0.25) is 0 Å². The fourth-order valence-corrected chi connectivity index (χ4v) is 4.54. The normalized spacial score (nSPS) is 12.5. The largest absolute Gasteiger partial charge is 0.368 e. The maximum atomic E-state index is 13.3. The smallest absolute Gasteiger partial charge is 0.263 e. The van der Waals surface area contributed by atoms with Crippen molar-refractivity contribution in [1.29, 1.82) is 0 Å². The summed E-state index contributed by atoms with van der Waals surface area (Å²) < 4.78 is 1.43. The van der Waals surface area contributed by atoms with Gasteiger partial charge in [-0.3, -0.25) is 14.2 Å². The summed E-state index contributed by atoms with van der Waals surface area (Å²) in [5, 5.41) is 4.75. The fraction of sp³-hybridized carbons (Fsp3) is 0.190. The summed E-state index contributed by atoms with van der Waals surface area (Å²) in [7, 11) is 0. The zero-order valence-electron chi connectivity index (χ0n) is 15.1. The van der Waals surface area contributed by atoms with Crippen LogP contribution < -0.4 is 11.3 Å². The van der Waals surface area contributed by atoms with Crippen LogP contribution in [0.5, 0.6) is 0 Å². The Morgan fingerprint density at radius 3 is 2.67 bits per heavy atom. The predicted octanol–water partition coefficient (Wildman–Crippen LogP) is 4.02. The van der Waals surface area contributed by atoms with Crippen molar-refractivity contribution < 1.29 is 4.79 Å². The molecule has 0 bridgehead atoms. The first-order valence-electron chi connectivity index (χ1n) is 8.80. The molecule has 0 saturated carbocycles. The topological polar surface area (TPSA) is 78.0 Å². The Balaban J connectivity index is 1.99. The monoisotopic (exact) mass is 377 g/mol. The lowest BCUT2D eigenvalue weighted by atomic mass is 10.0. The Bertz CT molecular complexity index is 1240. The molecule has 0 fully saturated rings. The molecule has 0 aliphatic carbocycles. The number of rotatable bonds is 4. The van der Waals surface area contributed by atoms with Gasteiger partial charge in [0.15, 0.2) is 0 Å². The molecule has 27 heavy (non-hydrogen) atoms. The third-order valence-electron chi connectivity index (χ3n) is 4.90. The van der Waals surface area contributed by atoms with Crippen LogP contribution in [0.1, 0.15) is 25.2 Å². The van der Waals surface area contributed by atoms with Crippen molar-refractivity contribution in [2.45, 2.75) is 26.3 Å². The number of primary amides is 1. The van der Waals surface area contributed by atoms with Gasteiger partial charge in [-0.2, -0.15) is 0 Å². The second-order valence-electron chi connectivity index (χ2n) is 6.55. The average Bonchev–Trinajstić information content (AvgIpc) is 3.08. The molecule has 1 amide bonds. The first kappa shape index (κ1) is 17.4. The van der Waals surface area contributed by atoms with Crippen molar-refractivity contribution in [1.82, 2.24) is 9.55 Å². The van der Waals surface area contributed by atoms with Gasteiger partial charge in [0.2, 0.25) is 5.91 Å². The number of aromatic nitrogens is 2. The van der Waals surface area contributed by atoms with Gasteiger partial charge in [0.1, 0.15) is 16.7 Å². The number of carbonyl (C=O) groups is 1. The zero-order valence-corrected chi connectivity index (χ0v) is 15.9. The molecular weight excluding hydrogens is 358 g/mol. The maximum Gasteiger partial charge on any atom is 0.263 e. The Morgan fingerprint density at radius 1 is 1.22 bits per heavy atom. The van der Waals surface area contributed by atoms with Gasteiger partial charge in [-0.25, -0.2) is 4.98 Å². The van der Waals surface area contributed by atoms with Crippen LogP contribution in [-0.2, 0) is 4.79 Å². The molecule has 0 radical (unpaired) electrons. The summed E-state index contributed by atoms with van der Waals surface area (Å²) >= 11 is 1.44. The van der Waals surface area contributed by atoms with Crippen molar-refractivity contribution >= 4 is 38.2 Å². The minimum Gasteiger partial charge on any atom is -0.368 e. The number of benzene rings is 2. The SMILES string of the molecule is CCC(C(N)=O)n1c(C)nc2scc(-c3ccc4ccccc4c3)c2c1=O. The van der Waals surface area contributed by atoms with Gasteiger partial charge >= 0.3 is 0 Å². The molecule has 0 spiro atoms. The lowest BCUT2D eigenvalue weighted by molar-refractivity contribution is -0.121.